The lowest BCUT2D eigenvalue weighted by atomic mass is 9.85. The van der Waals surface area contributed by atoms with Gasteiger partial charge < -0.3 is 10.2 Å². The van der Waals surface area contributed by atoms with Gasteiger partial charge in [0.05, 0.1) is 0 Å². The number of nitrogens with zero attached hydrogens (tertiary/aromatic N) is 1. The third kappa shape index (κ3) is 4.97. The minimum atomic E-state index is 0.344. The highest BCUT2D eigenvalue weighted by atomic mass is 15.1. The molecule has 0 amide bonds. The molecule has 0 saturated carbocycles. The van der Waals surface area contributed by atoms with Crippen molar-refractivity contribution in [2.75, 3.05) is 27.2 Å². The molecule has 1 unspecified atom stereocenters. The van der Waals surface area contributed by atoms with E-state index in [9.17, 15) is 0 Å². The van der Waals surface area contributed by atoms with Crippen LogP contribution in [0.1, 0.15) is 40.5 Å². The second-order valence-electron chi connectivity index (χ2n) is 5.09. The normalized spacial score (nSPS) is 14.8. The van der Waals surface area contributed by atoms with Gasteiger partial charge in [-0.3, -0.25) is 0 Å². The topological polar surface area (TPSA) is 15.3 Å². The molecule has 86 valence electrons. The molecule has 0 fully saturated rings. The number of hydrogen-bond donors (Lipinski definition) is 1. The van der Waals surface area contributed by atoms with Gasteiger partial charge in [-0.2, -0.15) is 0 Å². The summed E-state index contributed by atoms with van der Waals surface area (Å²) in [6, 6.07) is 0.562. The van der Waals surface area contributed by atoms with E-state index in [1.165, 1.54) is 19.4 Å². The molecule has 2 nitrogen and oxygen atoms in total. The van der Waals surface area contributed by atoms with Crippen molar-refractivity contribution >= 4 is 0 Å². The van der Waals surface area contributed by atoms with Gasteiger partial charge in [0, 0.05) is 12.6 Å². The van der Waals surface area contributed by atoms with Crippen molar-refractivity contribution < 1.29 is 0 Å². The standard InChI is InChI=1S/C12H28N2/c1-7-8-9-14(6)10-12(3,4)11(2)13-5/h11,13H,7-10H2,1-6H3. The lowest BCUT2D eigenvalue weighted by Crippen LogP contribution is -2.44. The molecule has 14 heavy (non-hydrogen) atoms. The van der Waals surface area contributed by atoms with Crippen LogP contribution >= 0.6 is 0 Å². The van der Waals surface area contributed by atoms with Gasteiger partial charge in [-0.25, -0.2) is 0 Å². The van der Waals surface area contributed by atoms with Crippen LogP contribution in [-0.2, 0) is 0 Å². The van der Waals surface area contributed by atoms with E-state index >= 15 is 0 Å². The van der Waals surface area contributed by atoms with Crippen molar-refractivity contribution in [3.05, 3.63) is 0 Å². The fourth-order valence-electron chi connectivity index (χ4n) is 1.73. The molecule has 0 saturated heterocycles. The van der Waals surface area contributed by atoms with E-state index < -0.39 is 0 Å². The molecule has 1 N–H and O–H groups in total. The first-order chi connectivity index (χ1) is 6.44. The highest BCUT2D eigenvalue weighted by molar-refractivity contribution is 4.82. The summed E-state index contributed by atoms with van der Waals surface area (Å²) in [6.45, 7) is 11.5. The fraction of sp³-hybridized carbons (Fsp3) is 1.00. The molecule has 0 aromatic rings. The van der Waals surface area contributed by atoms with Crippen LogP contribution in [0.3, 0.4) is 0 Å². The maximum absolute atomic E-state index is 3.34. The number of nitrogens with one attached hydrogen (secondary N) is 1. The molecule has 0 aromatic heterocycles. The zero-order valence-electron chi connectivity index (χ0n) is 10.9. The first-order valence-corrected chi connectivity index (χ1v) is 5.80. The van der Waals surface area contributed by atoms with Crippen molar-refractivity contribution in [2.24, 2.45) is 5.41 Å². The molecule has 0 aliphatic carbocycles. The molecule has 0 aromatic carbocycles. The third-order valence-electron chi connectivity index (χ3n) is 3.18. The Bertz CT molecular complexity index is 143. The maximum Gasteiger partial charge on any atom is 0.00991 e. The molecule has 0 rings (SSSR count). The molecule has 2 heteroatoms. The van der Waals surface area contributed by atoms with Crippen LogP contribution in [0.5, 0.6) is 0 Å². The van der Waals surface area contributed by atoms with Gasteiger partial charge in [0.15, 0.2) is 0 Å². The van der Waals surface area contributed by atoms with Crippen molar-refractivity contribution in [3.63, 3.8) is 0 Å². The van der Waals surface area contributed by atoms with E-state index in [0.29, 0.717) is 11.5 Å². The number of hydrogen-bond acceptors (Lipinski definition) is 2. The van der Waals surface area contributed by atoms with E-state index in [4.69, 9.17) is 0 Å². The molecular weight excluding hydrogens is 172 g/mol. The predicted octanol–water partition coefficient (Wildman–Crippen LogP) is 2.35. The number of unbranched alkanes of at least 4 members (excludes halogenated alkanes) is 1. The molecule has 0 radical (unpaired) electrons. The molecular formula is C12H28N2. The summed E-state index contributed by atoms with van der Waals surface area (Å²) in [5.74, 6) is 0. The number of rotatable bonds is 7. The van der Waals surface area contributed by atoms with Crippen LogP contribution in [0.2, 0.25) is 0 Å². The second kappa shape index (κ2) is 6.41. The van der Waals surface area contributed by atoms with Crippen LogP contribution in [0.15, 0.2) is 0 Å². The van der Waals surface area contributed by atoms with Gasteiger partial charge in [0.2, 0.25) is 0 Å². The highest BCUT2D eigenvalue weighted by Gasteiger charge is 2.25. The Labute approximate surface area is 90.1 Å². The average Bonchev–Trinajstić information content (AvgIpc) is 2.12. The van der Waals surface area contributed by atoms with Crippen molar-refractivity contribution in [1.29, 1.82) is 0 Å². The van der Waals surface area contributed by atoms with Gasteiger partial charge in [-0.15, -0.1) is 0 Å². The maximum atomic E-state index is 3.34. The summed E-state index contributed by atoms with van der Waals surface area (Å²) in [7, 11) is 4.26. The minimum absolute atomic E-state index is 0.344. The van der Waals surface area contributed by atoms with Gasteiger partial charge in [-0.1, -0.05) is 27.2 Å². The van der Waals surface area contributed by atoms with Crippen LogP contribution in [-0.4, -0.2) is 38.1 Å². The Morgan fingerprint density at radius 2 is 1.93 bits per heavy atom. The van der Waals surface area contributed by atoms with E-state index in [-0.39, 0.29) is 0 Å². The Balaban J connectivity index is 3.94. The van der Waals surface area contributed by atoms with Crippen LogP contribution < -0.4 is 5.32 Å². The summed E-state index contributed by atoms with van der Waals surface area (Å²) in [5.41, 5.74) is 0.344. The van der Waals surface area contributed by atoms with Gasteiger partial charge in [0.25, 0.3) is 0 Å². The summed E-state index contributed by atoms with van der Waals surface area (Å²) in [5, 5.41) is 3.34. The summed E-state index contributed by atoms with van der Waals surface area (Å²) >= 11 is 0. The monoisotopic (exact) mass is 200 g/mol. The first-order valence-electron chi connectivity index (χ1n) is 5.80. The first kappa shape index (κ1) is 13.9. The lowest BCUT2D eigenvalue weighted by molar-refractivity contribution is 0.168. The quantitative estimate of drug-likeness (QED) is 0.678. The lowest BCUT2D eigenvalue weighted by Gasteiger charge is -2.35. The smallest absolute Gasteiger partial charge is 0.00991 e. The predicted molar refractivity (Wildman–Crippen MR) is 64.7 cm³/mol. The van der Waals surface area contributed by atoms with E-state index in [2.05, 4.69) is 45.0 Å². The van der Waals surface area contributed by atoms with Crippen LogP contribution in [0.4, 0.5) is 0 Å². The summed E-state index contributed by atoms with van der Waals surface area (Å²) in [4.78, 5) is 2.44. The van der Waals surface area contributed by atoms with Gasteiger partial charge in [0.1, 0.15) is 0 Å². The van der Waals surface area contributed by atoms with E-state index in [1.807, 2.05) is 7.05 Å². The van der Waals surface area contributed by atoms with Crippen molar-refractivity contribution in [1.82, 2.24) is 10.2 Å². The van der Waals surface area contributed by atoms with Crippen LogP contribution in [0.25, 0.3) is 0 Å². The average molecular weight is 200 g/mol. The van der Waals surface area contributed by atoms with Crippen LogP contribution in [0, 0.1) is 5.41 Å². The fourth-order valence-corrected chi connectivity index (χ4v) is 1.73. The van der Waals surface area contributed by atoms with Crippen molar-refractivity contribution in [2.45, 2.75) is 46.6 Å². The molecule has 0 bridgehead atoms. The highest BCUT2D eigenvalue weighted by Crippen LogP contribution is 2.21. The zero-order chi connectivity index (χ0) is 11.2. The Hall–Kier alpha value is -0.0800. The summed E-state index contributed by atoms with van der Waals surface area (Å²) < 4.78 is 0. The SMILES string of the molecule is CCCCN(C)CC(C)(C)C(C)NC. The van der Waals surface area contributed by atoms with Gasteiger partial charge >= 0.3 is 0 Å². The molecule has 0 aliphatic heterocycles. The Kier molecular flexibility index (Phi) is 6.38. The summed E-state index contributed by atoms with van der Waals surface area (Å²) in [6.07, 6.45) is 2.59. The zero-order valence-corrected chi connectivity index (χ0v) is 10.9. The van der Waals surface area contributed by atoms with Gasteiger partial charge in [-0.05, 0) is 39.4 Å². The second-order valence-corrected chi connectivity index (χ2v) is 5.09. The third-order valence-corrected chi connectivity index (χ3v) is 3.18. The van der Waals surface area contributed by atoms with Crippen molar-refractivity contribution in [3.8, 4) is 0 Å². The molecule has 0 aliphatic rings. The molecule has 1 atom stereocenters. The molecule has 0 heterocycles. The largest absolute Gasteiger partial charge is 0.317 e. The Morgan fingerprint density at radius 3 is 2.36 bits per heavy atom. The Morgan fingerprint density at radius 1 is 1.36 bits per heavy atom. The van der Waals surface area contributed by atoms with E-state index in [0.717, 1.165) is 6.54 Å². The minimum Gasteiger partial charge on any atom is -0.317 e. The van der Waals surface area contributed by atoms with E-state index in [1.54, 1.807) is 0 Å². The molecule has 0 spiro atoms.